The summed E-state index contributed by atoms with van der Waals surface area (Å²) in [5.74, 6) is -0.391. The number of carbonyl (C=O) groups is 2. The molecule has 0 aliphatic rings. The molecule has 0 aromatic carbocycles. The minimum atomic E-state index is -0.339. The van der Waals surface area contributed by atoms with Crippen molar-refractivity contribution in [1.82, 2.24) is 30.2 Å². The van der Waals surface area contributed by atoms with Crippen LogP contribution in [0.15, 0.2) is 17.8 Å². The second kappa shape index (κ2) is 7.82. The first kappa shape index (κ1) is 17.1. The van der Waals surface area contributed by atoms with Crippen molar-refractivity contribution in [3.63, 3.8) is 0 Å². The predicted octanol–water partition coefficient (Wildman–Crippen LogP) is 1.09. The van der Waals surface area contributed by atoms with Crippen LogP contribution in [0, 0.1) is 0 Å². The molecule has 2 rings (SSSR count). The number of aromatic nitrogens is 4. The maximum Gasteiger partial charge on any atom is 0.274 e. The van der Waals surface area contributed by atoms with E-state index in [1.807, 2.05) is 26.2 Å². The summed E-state index contributed by atoms with van der Waals surface area (Å²) in [6.07, 6.45) is 3.17. The zero-order valence-electron chi connectivity index (χ0n) is 13.4. The average Bonchev–Trinajstić information content (AvgIpc) is 3.19. The number of rotatable bonds is 7. The number of carbonyl (C=O) groups excluding carboxylic acids is 2. The normalized spacial score (nSPS) is 12.0. The van der Waals surface area contributed by atoms with Gasteiger partial charge in [-0.3, -0.25) is 9.59 Å². The van der Waals surface area contributed by atoms with E-state index in [0.717, 1.165) is 5.01 Å². The molecule has 2 amide bonds. The minimum Gasteiger partial charge on any atom is -0.342 e. The second-order valence-electron chi connectivity index (χ2n) is 4.93. The SMILES string of the molecule is CCN(CC)C(=O)Cn1cc(C(=O)N[C@@H](C)c2nccs2)nn1. The van der Waals surface area contributed by atoms with Crippen molar-refractivity contribution < 1.29 is 9.59 Å². The van der Waals surface area contributed by atoms with Crippen molar-refractivity contribution in [3.05, 3.63) is 28.5 Å². The highest BCUT2D eigenvalue weighted by molar-refractivity contribution is 7.09. The lowest BCUT2D eigenvalue weighted by molar-refractivity contribution is -0.131. The van der Waals surface area contributed by atoms with Crippen molar-refractivity contribution >= 4 is 23.2 Å². The van der Waals surface area contributed by atoms with Crippen molar-refractivity contribution in [3.8, 4) is 0 Å². The van der Waals surface area contributed by atoms with Gasteiger partial charge in [-0.2, -0.15) is 0 Å². The Labute approximate surface area is 138 Å². The molecule has 2 aromatic heterocycles. The number of likely N-dealkylation sites (N-methyl/N-ethyl adjacent to an activating group) is 1. The van der Waals surface area contributed by atoms with E-state index in [2.05, 4.69) is 20.6 Å². The van der Waals surface area contributed by atoms with Gasteiger partial charge in [0.2, 0.25) is 5.91 Å². The second-order valence-corrected chi connectivity index (χ2v) is 5.86. The van der Waals surface area contributed by atoms with E-state index in [9.17, 15) is 9.59 Å². The Morgan fingerprint density at radius 2 is 2.13 bits per heavy atom. The zero-order chi connectivity index (χ0) is 16.8. The van der Waals surface area contributed by atoms with Crippen LogP contribution in [-0.2, 0) is 11.3 Å². The summed E-state index contributed by atoms with van der Waals surface area (Å²) in [4.78, 5) is 30.0. The van der Waals surface area contributed by atoms with Crippen molar-refractivity contribution in [1.29, 1.82) is 0 Å². The molecule has 8 nitrogen and oxygen atoms in total. The summed E-state index contributed by atoms with van der Waals surface area (Å²) in [6.45, 7) is 7.05. The van der Waals surface area contributed by atoms with Crippen LogP contribution in [0.3, 0.4) is 0 Å². The van der Waals surface area contributed by atoms with Crippen LogP contribution in [0.25, 0.3) is 0 Å². The predicted molar refractivity (Wildman–Crippen MR) is 85.9 cm³/mol. The summed E-state index contributed by atoms with van der Waals surface area (Å²) in [5.41, 5.74) is 0.181. The Hall–Kier alpha value is -2.29. The number of thiazole rings is 1. The van der Waals surface area contributed by atoms with Gasteiger partial charge in [0.15, 0.2) is 5.69 Å². The Morgan fingerprint density at radius 3 is 2.74 bits per heavy atom. The third-order valence-electron chi connectivity index (χ3n) is 3.35. The van der Waals surface area contributed by atoms with Gasteiger partial charge in [-0.25, -0.2) is 9.67 Å². The molecule has 0 spiro atoms. The average molecular weight is 336 g/mol. The van der Waals surface area contributed by atoms with E-state index in [4.69, 9.17) is 0 Å². The lowest BCUT2D eigenvalue weighted by Crippen LogP contribution is -2.33. The smallest absolute Gasteiger partial charge is 0.274 e. The molecule has 0 fully saturated rings. The molecule has 1 N–H and O–H groups in total. The van der Waals surface area contributed by atoms with Crippen molar-refractivity contribution in [2.75, 3.05) is 13.1 Å². The summed E-state index contributed by atoms with van der Waals surface area (Å²) in [7, 11) is 0. The molecule has 124 valence electrons. The largest absolute Gasteiger partial charge is 0.342 e. The number of hydrogen-bond donors (Lipinski definition) is 1. The first-order valence-corrected chi connectivity index (χ1v) is 8.31. The maximum absolute atomic E-state index is 12.2. The molecule has 0 unspecified atom stereocenters. The quantitative estimate of drug-likeness (QED) is 0.817. The van der Waals surface area contributed by atoms with Crippen LogP contribution >= 0.6 is 11.3 Å². The molecule has 2 heterocycles. The van der Waals surface area contributed by atoms with E-state index in [1.165, 1.54) is 22.2 Å². The molecule has 0 aliphatic carbocycles. The van der Waals surface area contributed by atoms with Gasteiger partial charge in [0.25, 0.3) is 5.91 Å². The Balaban J connectivity index is 1.96. The van der Waals surface area contributed by atoms with Crippen molar-refractivity contribution in [2.45, 2.75) is 33.4 Å². The van der Waals surface area contributed by atoms with Gasteiger partial charge >= 0.3 is 0 Å². The standard InChI is InChI=1S/C14H20N6O2S/c1-4-19(5-2)12(21)9-20-8-11(17-18-20)13(22)16-10(3)14-15-6-7-23-14/h6-8,10H,4-5,9H2,1-3H3,(H,16,22)/t10-/m0/s1. The number of nitrogens with one attached hydrogen (secondary N) is 1. The van der Waals surface area contributed by atoms with E-state index < -0.39 is 0 Å². The minimum absolute atomic E-state index is 0.0528. The van der Waals surface area contributed by atoms with Gasteiger partial charge in [0.1, 0.15) is 11.6 Å². The van der Waals surface area contributed by atoms with E-state index in [1.54, 1.807) is 11.1 Å². The van der Waals surface area contributed by atoms with E-state index >= 15 is 0 Å². The molecular formula is C14H20N6O2S. The van der Waals surface area contributed by atoms with Gasteiger partial charge in [-0.1, -0.05) is 5.21 Å². The van der Waals surface area contributed by atoms with Crippen LogP contribution in [0.2, 0.25) is 0 Å². The molecule has 23 heavy (non-hydrogen) atoms. The number of nitrogens with zero attached hydrogens (tertiary/aromatic N) is 5. The third-order valence-corrected chi connectivity index (χ3v) is 4.31. The molecular weight excluding hydrogens is 316 g/mol. The van der Waals surface area contributed by atoms with Crippen molar-refractivity contribution in [2.24, 2.45) is 0 Å². The summed E-state index contributed by atoms with van der Waals surface area (Å²) in [5, 5.41) is 13.2. The Kier molecular flexibility index (Phi) is 5.80. The van der Waals surface area contributed by atoms with Gasteiger partial charge in [-0.15, -0.1) is 16.4 Å². The van der Waals surface area contributed by atoms with E-state index in [0.29, 0.717) is 13.1 Å². The maximum atomic E-state index is 12.2. The lowest BCUT2D eigenvalue weighted by Gasteiger charge is -2.17. The highest BCUT2D eigenvalue weighted by Gasteiger charge is 2.17. The molecule has 0 saturated heterocycles. The van der Waals surface area contributed by atoms with Crippen LogP contribution in [-0.4, -0.2) is 49.8 Å². The summed E-state index contributed by atoms with van der Waals surface area (Å²) in [6, 6.07) is -0.204. The monoisotopic (exact) mass is 336 g/mol. The zero-order valence-corrected chi connectivity index (χ0v) is 14.2. The molecule has 9 heteroatoms. The number of hydrogen-bond acceptors (Lipinski definition) is 6. The Bertz CT molecular complexity index is 650. The molecule has 0 saturated carbocycles. The lowest BCUT2D eigenvalue weighted by atomic mass is 10.3. The first-order chi connectivity index (χ1) is 11.0. The fourth-order valence-electron chi connectivity index (χ4n) is 2.08. The van der Waals surface area contributed by atoms with Gasteiger partial charge in [0, 0.05) is 24.7 Å². The topological polar surface area (TPSA) is 93.0 Å². The number of amides is 2. The van der Waals surface area contributed by atoms with Gasteiger partial charge in [0.05, 0.1) is 12.2 Å². The fourth-order valence-corrected chi connectivity index (χ4v) is 2.72. The summed E-state index contributed by atoms with van der Waals surface area (Å²) >= 11 is 1.47. The first-order valence-electron chi connectivity index (χ1n) is 7.43. The van der Waals surface area contributed by atoms with Gasteiger partial charge in [-0.05, 0) is 20.8 Å². The highest BCUT2D eigenvalue weighted by Crippen LogP contribution is 2.14. The molecule has 1 atom stereocenters. The van der Waals surface area contributed by atoms with Crippen LogP contribution in [0.1, 0.15) is 42.3 Å². The van der Waals surface area contributed by atoms with Crippen LogP contribution < -0.4 is 5.32 Å². The van der Waals surface area contributed by atoms with E-state index in [-0.39, 0.29) is 30.1 Å². The third kappa shape index (κ3) is 4.35. The van der Waals surface area contributed by atoms with Crippen LogP contribution in [0.4, 0.5) is 0 Å². The molecule has 0 bridgehead atoms. The molecule has 0 aliphatic heterocycles. The fraction of sp³-hybridized carbons (Fsp3) is 0.500. The summed E-state index contributed by atoms with van der Waals surface area (Å²) < 4.78 is 1.38. The Morgan fingerprint density at radius 1 is 1.39 bits per heavy atom. The highest BCUT2D eigenvalue weighted by atomic mass is 32.1. The van der Waals surface area contributed by atoms with Crippen LogP contribution in [0.5, 0.6) is 0 Å². The molecule has 2 aromatic rings. The van der Waals surface area contributed by atoms with Gasteiger partial charge < -0.3 is 10.2 Å². The molecule has 0 radical (unpaired) electrons.